The summed E-state index contributed by atoms with van der Waals surface area (Å²) in [4.78, 5) is 11.1. The molecular weight excluding hydrogens is 327 g/mol. The van der Waals surface area contributed by atoms with Crippen molar-refractivity contribution in [2.75, 3.05) is 11.9 Å². The molecule has 0 spiro atoms. The van der Waals surface area contributed by atoms with Crippen molar-refractivity contribution in [3.8, 4) is 6.07 Å². The zero-order valence-corrected chi connectivity index (χ0v) is 12.3. The van der Waals surface area contributed by atoms with Crippen LogP contribution in [0.4, 0.5) is 10.1 Å². The molecule has 2 unspecified atom stereocenters. The second kappa shape index (κ2) is 6.23. The minimum absolute atomic E-state index is 0.0151. The number of nitriles is 1. The van der Waals surface area contributed by atoms with Crippen molar-refractivity contribution in [3.63, 3.8) is 0 Å². The van der Waals surface area contributed by atoms with Gasteiger partial charge in [0.05, 0.1) is 21.6 Å². The maximum absolute atomic E-state index is 14.0. The van der Waals surface area contributed by atoms with Gasteiger partial charge in [-0.25, -0.2) is 4.39 Å². The van der Waals surface area contributed by atoms with Crippen molar-refractivity contribution in [1.82, 2.24) is 0 Å². The quantitative estimate of drug-likeness (QED) is 0.881. The van der Waals surface area contributed by atoms with Gasteiger partial charge in [-0.1, -0.05) is 6.42 Å². The van der Waals surface area contributed by atoms with Gasteiger partial charge in [-0.15, -0.1) is 0 Å². The third kappa shape index (κ3) is 2.93. The predicted molar refractivity (Wildman–Crippen MR) is 75.8 cm³/mol. The highest BCUT2D eigenvalue weighted by Crippen LogP contribution is 2.33. The van der Waals surface area contributed by atoms with Crippen LogP contribution in [-0.4, -0.2) is 17.6 Å². The zero-order valence-electron chi connectivity index (χ0n) is 10.7. The smallest absolute Gasteiger partial charge is 0.306 e. The fraction of sp³-hybridized carbons (Fsp3) is 0.429. The Morgan fingerprint density at radius 1 is 1.55 bits per heavy atom. The Labute approximate surface area is 124 Å². The molecule has 1 aliphatic rings. The van der Waals surface area contributed by atoms with Gasteiger partial charge >= 0.3 is 5.97 Å². The number of benzene rings is 1. The molecule has 2 atom stereocenters. The molecule has 0 aliphatic heterocycles. The van der Waals surface area contributed by atoms with Crippen molar-refractivity contribution >= 4 is 27.6 Å². The van der Waals surface area contributed by atoms with E-state index < -0.39 is 11.8 Å². The molecule has 0 aromatic heterocycles. The summed E-state index contributed by atoms with van der Waals surface area (Å²) in [7, 11) is 0. The zero-order chi connectivity index (χ0) is 14.7. The van der Waals surface area contributed by atoms with Gasteiger partial charge in [0.15, 0.2) is 5.82 Å². The van der Waals surface area contributed by atoms with E-state index in [0.717, 1.165) is 12.8 Å². The molecule has 0 saturated heterocycles. The lowest BCUT2D eigenvalue weighted by molar-refractivity contribution is -0.142. The number of nitrogens with zero attached hydrogens (tertiary/aromatic N) is 1. The number of anilines is 1. The number of carboxylic acids is 1. The van der Waals surface area contributed by atoms with Crippen LogP contribution in [0.1, 0.15) is 24.8 Å². The van der Waals surface area contributed by atoms with Crippen LogP contribution in [0, 0.1) is 29.0 Å². The van der Waals surface area contributed by atoms with Gasteiger partial charge in [-0.05, 0) is 46.8 Å². The standard InChI is InChI=1S/C14H14BrFN2O2/c15-12-8(6-17)4-5-11(13(12)16)18-7-9-2-1-3-10(9)14(19)20/h4-5,9-10,18H,1-3,7H2,(H,19,20). The Morgan fingerprint density at radius 3 is 2.95 bits per heavy atom. The lowest BCUT2D eigenvalue weighted by atomic mass is 9.96. The van der Waals surface area contributed by atoms with Crippen LogP contribution in [0.25, 0.3) is 0 Å². The molecule has 2 rings (SSSR count). The Kier molecular flexibility index (Phi) is 4.61. The molecule has 1 fully saturated rings. The fourth-order valence-corrected chi connectivity index (χ4v) is 3.05. The van der Waals surface area contributed by atoms with E-state index in [9.17, 15) is 9.18 Å². The summed E-state index contributed by atoms with van der Waals surface area (Å²) in [6.45, 7) is 0.423. The molecule has 1 saturated carbocycles. The number of carbonyl (C=O) groups is 1. The molecule has 2 N–H and O–H groups in total. The van der Waals surface area contributed by atoms with Crippen molar-refractivity contribution in [3.05, 3.63) is 28.0 Å². The SMILES string of the molecule is N#Cc1ccc(NCC2CCCC2C(=O)O)c(F)c1Br. The lowest BCUT2D eigenvalue weighted by Gasteiger charge is -2.17. The molecule has 20 heavy (non-hydrogen) atoms. The van der Waals surface area contributed by atoms with Crippen molar-refractivity contribution in [2.45, 2.75) is 19.3 Å². The van der Waals surface area contributed by atoms with Crippen LogP contribution < -0.4 is 5.32 Å². The normalized spacial score (nSPS) is 21.4. The number of halogens is 2. The maximum Gasteiger partial charge on any atom is 0.306 e. The van der Waals surface area contributed by atoms with E-state index in [0.29, 0.717) is 13.0 Å². The molecule has 106 valence electrons. The summed E-state index contributed by atoms with van der Waals surface area (Å²) in [5.41, 5.74) is 0.518. The van der Waals surface area contributed by atoms with Crippen LogP contribution in [0.15, 0.2) is 16.6 Å². The Morgan fingerprint density at radius 2 is 2.30 bits per heavy atom. The molecule has 6 heteroatoms. The lowest BCUT2D eigenvalue weighted by Crippen LogP contribution is -2.24. The predicted octanol–water partition coefficient (Wildman–Crippen LogP) is 3.37. The van der Waals surface area contributed by atoms with E-state index in [-0.39, 0.29) is 27.6 Å². The first-order chi connectivity index (χ1) is 9.54. The molecule has 1 aliphatic carbocycles. The first-order valence-electron chi connectivity index (χ1n) is 6.39. The van der Waals surface area contributed by atoms with E-state index in [1.54, 1.807) is 0 Å². The number of aliphatic carboxylic acids is 1. The van der Waals surface area contributed by atoms with Crippen molar-refractivity contribution < 1.29 is 14.3 Å². The summed E-state index contributed by atoms with van der Waals surface area (Å²) in [6, 6.07) is 4.92. The summed E-state index contributed by atoms with van der Waals surface area (Å²) in [5, 5.41) is 20.9. The highest BCUT2D eigenvalue weighted by Gasteiger charge is 2.32. The van der Waals surface area contributed by atoms with Gasteiger partial charge < -0.3 is 10.4 Å². The molecule has 1 aromatic rings. The average Bonchev–Trinajstić information content (AvgIpc) is 2.89. The van der Waals surface area contributed by atoms with E-state index in [1.165, 1.54) is 12.1 Å². The van der Waals surface area contributed by atoms with Gasteiger partial charge in [-0.3, -0.25) is 4.79 Å². The highest BCUT2D eigenvalue weighted by atomic mass is 79.9. The van der Waals surface area contributed by atoms with Crippen LogP contribution >= 0.6 is 15.9 Å². The van der Waals surface area contributed by atoms with Gasteiger partial charge in [0, 0.05) is 6.54 Å². The molecular formula is C14H14BrFN2O2. The third-order valence-corrected chi connectivity index (χ3v) is 4.51. The van der Waals surface area contributed by atoms with E-state index in [2.05, 4.69) is 21.2 Å². The van der Waals surface area contributed by atoms with Gasteiger partial charge in [-0.2, -0.15) is 5.26 Å². The average molecular weight is 341 g/mol. The van der Waals surface area contributed by atoms with Crippen LogP contribution in [0.5, 0.6) is 0 Å². The van der Waals surface area contributed by atoms with E-state index >= 15 is 0 Å². The highest BCUT2D eigenvalue weighted by molar-refractivity contribution is 9.10. The van der Waals surface area contributed by atoms with E-state index in [1.807, 2.05) is 6.07 Å². The fourth-order valence-electron chi connectivity index (χ4n) is 2.62. The number of carboxylic acid groups (broad SMARTS) is 1. The van der Waals surface area contributed by atoms with Crippen LogP contribution in [-0.2, 0) is 4.79 Å². The van der Waals surface area contributed by atoms with Gasteiger partial charge in [0.25, 0.3) is 0 Å². The number of hydrogen-bond donors (Lipinski definition) is 2. The summed E-state index contributed by atoms with van der Waals surface area (Å²) >= 11 is 3.05. The topological polar surface area (TPSA) is 73.1 Å². The Hall–Kier alpha value is -1.61. The largest absolute Gasteiger partial charge is 0.481 e. The summed E-state index contributed by atoms with van der Waals surface area (Å²) < 4.78 is 14.1. The molecule has 0 amide bonds. The van der Waals surface area contributed by atoms with Crippen LogP contribution in [0.2, 0.25) is 0 Å². The first-order valence-corrected chi connectivity index (χ1v) is 7.18. The Bertz CT molecular complexity index is 571. The minimum Gasteiger partial charge on any atom is -0.481 e. The van der Waals surface area contributed by atoms with Crippen LogP contribution in [0.3, 0.4) is 0 Å². The minimum atomic E-state index is -0.782. The molecule has 4 nitrogen and oxygen atoms in total. The monoisotopic (exact) mass is 340 g/mol. The second-order valence-corrected chi connectivity index (χ2v) is 5.71. The van der Waals surface area contributed by atoms with Gasteiger partial charge in [0.2, 0.25) is 0 Å². The first kappa shape index (κ1) is 14.8. The molecule has 0 radical (unpaired) electrons. The third-order valence-electron chi connectivity index (χ3n) is 3.73. The van der Waals surface area contributed by atoms with E-state index in [4.69, 9.17) is 10.4 Å². The second-order valence-electron chi connectivity index (χ2n) is 4.92. The molecule has 0 bridgehead atoms. The van der Waals surface area contributed by atoms with Crippen molar-refractivity contribution in [2.24, 2.45) is 11.8 Å². The molecule has 0 heterocycles. The van der Waals surface area contributed by atoms with Crippen molar-refractivity contribution in [1.29, 1.82) is 5.26 Å². The summed E-state index contributed by atoms with van der Waals surface area (Å²) in [6.07, 6.45) is 2.41. The number of hydrogen-bond acceptors (Lipinski definition) is 3. The summed E-state index contributed by atoms with van der Waals surface area (Å²) in [5.74, 6) is -1.64. The number of nitrogens with one attached hydrogen (secondary N) is 1. The van der Waals surface area contributed by atoms with Gasteiger partial charge in [0.1, 0.15) is 6.07 Å². The Balaban J connectivity index is 2.07. The molecule has 1 aromatic carbocycles. The number of rotatable bonds is 4. The maximum atomic E-state index is 14.0.